The van der Waals surface area contributed by atoms with Crippen LogP contribution in [0.25, 0.3) is 10.9 Å². The highest BCUT2D eigenvalue weighted by molar-refractivity contribution is 5.80. The number of carbonyl (C=O) groups is 2. The fourth-order valence-electron chi connectivity index (χ4n) is 5.14. The molecule has 2 fully saturated rings. The number of benzene rings is 1. The van der Waals surface area contributed by atoms with Crippen LogP contribution in [-0.4, -0.2) is 57.3 Å². The SMILES string of the molecule is CCCCC(=O)N1CCN(C(=O)[C@H]2CC[C@H](Cn3c(=O)[nH]c4ccccc4c3=O)CC2)CC1. The van der Waals surface area contributed by atoms with E-state index in [4.69, 9.17) is 0 Å². The van der Waals surface area contributed by atoms with Crippen LogP contribution in [0, 0.1) is 11.8 Å². The van der Waals surface area contributed by atoms with Crippen molar-refractivity contribution in [1.29, 1.82) is 0 Å². The van der Waals surface area contributed by atoms with E-state index in [2.05, 4.69) is 11.9 Å². The van der Waals surface area contributed by atoms with Crippen molar-refractivity contribution in [3.8, 4) is 0 Å². The Morgan fingerprint density at radius 3 is 2.33 bits per heavy atom. The number of nitrogens with one attached hydrogen (secondary N) is 1. The number of hydrogen-bond donors (Lipinski definition) is 1. The number of amides is 2. The molecule has 178 valence electrons. The van der Waals surface area contributed by atoms with Gasteiger partial charge in [0.1, 0.15) is 0 Å². The van der Waals surface area contributed by atoms with Gasteiger partial charge in [-0.15, -0.1) is 0 Å². The van der Waals surface area contributed by atoms with E-state index < -0.39 is 0 Å². The molecule has 0 spiro atoms. The Balaban J connectivity index is 1.29. The van der Waals surface area contributed by atoms with Crippen LogP contribution in [0.3, 0.4) is 0 Å². The third-order valence-electron chi connectivity index (χ3n) is 7.21. The summed E-state index contributed by atoms with van der Waals surface area (Å²) in [6.07, 6.45) is 5.72. The molecule has 0 atom stereocenters. The number of fused-ring (bicyclic) bond motifs is 1. The number of hydrogen-bond acceptors (Lipinski definition) is 4. The van der Waals surface area contributed by atoms with Gasteiger partial charge in [0, 0.05) is 45.1 Å². The van der Waals surface area contributed by atoms with Gasteiger partial charge in [-0.3, -0.25) is 19.0 Å². The Labute approximate surface area is 193 Å². The van der Waals surface area contributed by atoms with Crippen molar-refractivity contribution < 1.29 is 9.59 Å². The second-order valence-corrected chi connectivity index (χ2v) is 9.42. The molecule has 2 aliphatic rings. The minimum Gasteiger partial charge on any atom is -0.339 e. The van der Waals surface area contributed by atoms with E-state index in [1.165, 1.54) is 4.57 Å². The Kier molecular flexibility index (Phi) is 7.30. The lowest BCUT2D eigenvalue weighted by Gasteiger charge is -2.38. The first-order valence-corrected chi connectivity index (χ1v) is 12.3. The Morgan fingerprint density at radius 2 is 1.64 bits per heavy atom. The topological polar surface area (TPSA) is 95.5 Å². The van der Waals surface area contributed by atoms with Crippen LogP contribution in [-0.2, 0) is 16.1 Å². The molecular weight excluding hydrogens is 420 g/mol. The van der Waals surface area contributed by atoms with E-state index in [0.717, 1.165) is 38.5 Å². The second-order valence-electron chi connectivity index (χ2n) is 9.42. The van der Waals surface area contributed by atoms with E-state index in [-0.39, 0.29) is 34.9 Å². The maximum Gasteiger partial charge on any atom is 0.328 e. The zero-order valence-corrected chi connectivity index (χ0v) is 19.4. The molecule has 1 saturated heterocycles. The van der Waals surface area contributed by atoms with Crippen molar-refractivity contribution in [2.75, 3.05) is 26.2 Å². The maximum atomic E-state index is 13.0. The quantitative estimate of drug-likeness (QED) is 0.725. The molecule has 8 heteroatoms. The Bertz CT molecular complexity index is 1110. The Hall–Kier alpha value is -2.90. The minimum absolute atomic E-state index is 0.00444. The second kappa shape index (κ2) is 10.4. The van der Waals surface area contributed by atoms with E-state index in [1.807, 2.05) is 9.80 Å². The molecule has 1 N–H and O–H groups in total. The van der Waals surface area contributed by atoms with Crippen molar-refractivity contribution in [1.82, 2.24) is 19.4 Å². The fourth-order valence-corrected chi connectivity index (χ4v) is 5.14. The summed E-state index contributed by atoms with van der Waals surface area (Å²) >= 11 is 0. The summed E-state index contributed by atoms with van der Waals surface area (Å²) in [7, 11) is 0. The van der Waals surface area contributed by atoms with Crippen molar-refractivity contribution in [2.24, 2.45) is 11.8 Å². The number of nitrogens with zero attached hydrogens (tertiary/aromatic N) is 3. The predicted octanol–water partition coefficient (Wildman–Crippen LogP) is 2.36. The molecule has 2 heterocycles. The molecule has 1 aliphatic heterocycles. The first-order valence-electron chi connectivity index (χ1n) is 12.3. The molecule has 1 aromatic carbocycles. The summed E-state index contributed by atoms with van der Waals surface area (Å²) in [5, 5.41) is 0.522. The molecule has 1 aromatic heterocycles. The van der Waals surface area contributed by atoms with Gasteiger partial charge in [0.2, 0.25) is 11.8 Å². The number of para-hydroxylation sites is 1. The number of unbranched alkanes of at least 4 members (excludes halogenated alkanes) is 1. The summed E-state index contributed by atoms with van der Waals surface area (Å²) in [5.41, 5.74) is -0.0626. The monoisotopic (exact) mass is 454 g/mol. The number of piperazine rings is 1. The van der Waals surface area contributed by atoms with E-state index in [1.54, 1.807) is 24.3 Å². The standard InChI is InChI=1S/C25H34N4O4/c1-2-3-8-22(30)27-13-15-28(16-14-27)23(31)19-11-9-18(10-12-19)17-29-24(32)20-6-4-5-7-21(20)26-25(29)33/h4-7,18-19H,2-3,8-17H2,1H3,(H,26,33)/t18-,19-. The van der Waals surface area contributed by atoms with Crippen molar-refractivity contribution >= 4 is 22.7 Å². The van der Waals surface area contributed by atoms with Gasteiger partial charge in [-0.1, -0.05) is 25.5 Å². The molecule has 0 bridgehead atoms. The molecule has 33 heavy (non-hydrogen) atoms. The molecule has 2 amide bonds. The number of aromatic nitrogens is 2. The Morgan fingerprint density at radius 1 is 0.970 bits per heavy atom. The lowest BCUT2D eigenvalue weighted by atomic mass is 9.81. The lowest BCUT2D eigenvalue weighted by Crippen LogP contribution is -2.52. The first kappa shape index (κ1) is 23.3. The predicted molar refractivity (Wildman–Crippen MR) is 127 cm³/mol. The van der Waals surface area contributed by atoms with Crippen LogP contribution in [0.1, 0.15) is 51.9 Å². The minimum atomic E-state index is -0.372. The molecule has 2 aromatic rings. The van der Waals surface area contributed by atoms with Gasteiger partial charge in [0.25, 0.3) is 5.56 Å². The zero-order chi connectivity index (χ0) is 23.4. The van der Waals surface area contributed by atoms with Gasteiger partial charge in [0.15, 0.2) is 0 Å². The molecule has 0 radical (unpaired) electrons. The number of H-pyrrole nitrogens is 1. The van der Waals surface area contributed by atoms with Crippen molar-refractivity contribution in [3.63, 3.8) is 0 Å². The molecule has 1 aliphatic carbocycles. The van der Waals surface area contributed by atoms with Crippen LogP contribution >= 0.6 is 0 Å². The molecular formula is C25H34N4O4. The summed E-state index contributed by atoms with van der Waals surface area (Å²) in [4.78, 5) is 57.1. The largest absolute Gasteiger partial charge is 0.339 e. The van der Waals surface area contributed by atoms with Crippen LogP contribution in [0.4, 0.5) is 0 Å². The summed E-state index contributed by atoms with van der Waals surface area (Å²) in [6.45, 7) is 4.93. The van der Waals surface area contributed by atoms with Crippen LogP contribution in [0.15, 0.2) is 33.9 Å². The zero-order valence-electron chi connectivity index (χ0n) is 19.4. The van der Waals surface area contributed by atoms with Gasteiger partial charge in [-0.25, -0.2) is 4.79 Å². The highest BCUT2D eigenvalue weighted by Crippen LogP contribution is 2.31. The lowest BCUT2D eigenvalue weighted by molar-refractivity contribution is -0.143. The van der Waals surface area contributed by atoms with Crippen LogP contribution in [0.2, 0.25) is 0 Å². The summed E-state index contributed by atoms with van der Waals surface area (Å²) < 4.78 is 1.31. The van der Waals surface area contributed by atoms with E-state index in [0.29, 0.717) is 50.0 Å². The number of aromatic amines is 1. The number of carbonyl (C=O) groups excluding carboxylic acids is 2. The summed E-state index contributed by atoms with van der Waals surface area (Å²) in [5.74, 6) is 0.593. The highest BCUT2D eigenvalue weighted by atomic mass is 16.2. The van der Waals surface area contributed by atoms with Crippen molar-refractivity contribution in [2.45, 2.75) is 58.4 Å². The first-order chi connectivity index (χ1) is 16.0. The van der Waals surface area contributed by atoms with Crippen LogP contribution in [0.5, 0.6) is 0 Å². The molecule has 8 nitrogen and oxygen atoms in total. The van der Waals surface area contributed by atoms with Crippen LogP contribution < -0.4 is 11.2 Å². The van der Waals surface area contributed by atoms with Gasteiger partial charge >= 0.3 is 5.69 Å². The third kappa shape index (κ3) is 5.20. The van der Waals surface area contributed by atoms with Gasteiger partial charge < -0.3 is 14.8 Å². The fraction of sp³-hybridized carbons (Fsp3) is 0.600. The molecule has 0 unspecified atom stereocenters. The molecule has 1 saturated carbocycles. The van der Waals surface area contributed by atoms with Gasteiger partial charge in [-0.05, 0) is 50.2 Å². The maximum absolute atomic E-state index is 13.0. The van der Waals surface area contributed by atoms with E-state index in [9.17, 15) is 19.2 Å². The van der Waals surface area contributed by atoms with Gasteiger partial charge in [0.05, 0.1) is 10.9 Å². The average Bonchev–Trinajstić information content (AvgIpc) is 2.85. The van der Waals surface area contributed by atoms with Gasteiger partial charge in [-0.2, -0.15) is 0 Å². The van der Waals surface area contributed by atoms with Crippen molar-refractivity contribution in [3.05, 3.63) is 45.1 Å². The highest BCUT2D eigenvalue weighted by Gasteiger charge is 2.32. The van der Waals surface area contributed by atoms with E-state index >= 15 is 0 Å². The third-order valence-corrected chi connectivity index (χ3v) is 7.21. The molecule has 4 rings (SSSR count). The number of rotatable bonds is 6. The normalized spacial score (nSPS) is 21.4. The summed E-state index contributed by atoms with van der Waals surface area (Å²) in [6, 6.07) is 7.06. The smallest absolute Gasteiger partial charge is 0.328 e. The average molecular weight is 455 g/mol.